The number of anilines is 1. The van der Waals surface area contributed by atoms with Crippen molar-refractivity contribution >= 4 is 43.6 Å². The second-order valence-corrected chi connectivity index (χ2v) is 9.68. The van der Waals surface area contributed by atoms with Crippen molar-refractivity contribution in [2.45, 2.75) is 45.6 Å². The first-order valence-electron chi connectivity index (χ1n) is 11.1. The Labute approximate surface area is 191 Å². The summed E-state index contributed by atoms with van der Waals surface area (Å²) in [6.07, 6.45) is 1.98. The minimum atomic E-state index is -0.0787. The Morgan fingerprint density at radius 3 is 2.84 bits per heavy atom. The van der Waals surface area contributed by atoms with E-state index < -0.39 is 0 Å². The number of thiazole rings is 1. The molecule has 0 radical (unpaired) electrons. The molecular weight excluding hydrogens is 422 g/mol. The molecule has 1 aromatic carbocycles. The van der Waals surface area contributed by atoms with Crippen LogP contribution < -0.4 is 4.90 Å². The Morgan fingerprint density at radius 2 is 2.12 bits per heavy atom. The van der Waals surface area contributed by atoms with E-state index in [1.54, 1.807) is 9.58 Å². The van der Waals surface area contributed by atoms with E-state index in [-0.39, 0.29) is 17.9 Å². The third-order valence-corrected chi connectivity index (χ3v) is 7.04. The van der Waals surface area contributed by atoms with Crippen LogP contribution in [0.5, 0.6) is 0 Å². The van der Waals surface area contributed by atoms with Gasteiger partial charge in [0, 0.05) is 19.3 Å². The minimum absolute atomic E-state index is 0.0165. The molecule has 0 spiro atoms. The van der Waals surface area contributed by atoms with Crippen LogP contribution in [0.3, 0.4) is 0 Å². The predicted octanol–water partition coefficient (Wildman–Crippen LogP) is 4.84. The van der Waals surface area contributed by atoms with Gasteiger partial charge < -0.3 is 4.74 Å². The van der Waals surface area contributed by atoms with Gasteiger partial charge in [0.05, 0.1) is 39.5 Å². The van der Waals surface area contributed by atoms with Gasteiger partial charge in [-0.05, 0) is 43.9 Å². The van der Waals surface area contributed by atoms with Crippen LogP contribution in [-0.4, -0.2) is 44.9 Å². The van der Waals surface area contributed by atoms with Crippen LogP contribution in [0.1, 0.15) is 54.4 Å². The van der Waals surface area contributed by atoms with E-state index in [0.717, 1.165) is 52.1 Å². The summed E-state index contributed by atoms with van der Waals surface area (Å²) in [6, 6.07) is 9.92. The molecule has 4 heterocycles. The molecule has 8 heteroatoms. The third kappa shape index (κ3) is 3.67. The Hall–Kier alpha value is -2.84. The number of rotatable bonds is 5. The normalized spacial score (nSPS) is 16.5. The average molecular weight is 450 g/mol. The van der Waals surface area contributed by atoms with Crippen LogP contribution in [0.4, 0.5) is 5.13 Å². The van der Waals surface area contributed by atoms with Gasteiger partial charge in [0.15, 0.2) is 10.8 Å². The molecule has 0 aliphatic carbocycles. The van der Waals surface area contributed by atoms with Crippen molar-refractivity contribution in [3.8, 4) is 0 Å². The smallest absolute Gasteiger partial charge is 0.261 e. The van der Waals surface area contributed by atoms with E-state index in [9.17, 15) is 4.79 Å². The number of fused-ring (bicyclic) bond motifs is 2. The zero-order chi connectivity index (χ0) is 22.4. The number of hydrogen-bond donors (Lipinski definition) is 0. The van der Waals surface area contributed by atoms with Gasteiger partial charge in [-0.25, -0.2) is 9.97 Å². The number of pyridine rings is 1. The molecule has 0 saturated carbocycles. The van der Waals surface area contributed by atoms with Crippen molar-refractivity contribution in [3.63, 3.8) is 0 Å². The highest BCUT2D eigenvalue weighted by Gasteiger charge is 2.30. The van der Waals surface area contributed by atoms with Crippen LogP contribution in [0.15, 0.2) is 30.3 Å². The van der Waals surface area contributed by atoms with Gasteiger partial charge in [0.25, 0.3) is 5.91 Å². The first-order chi connectivity index (χ1) is 15.4. The lowest BCUT2D eigenvalue weighted by molar-refractivity contribution is 0.0918. The number of para-hydroxylation sites is 1. The van der Waals surface area contributed by atoms with Gasteiger partial charge in [-0.1, -0.05) is 37.3 Å². The topological polar surface area (TPSA) is 73.1 Å². The third-order valence-electron chi connectivity index (χ3n) is 5.98. The van der Waals surface area contributed by atoms with Crippen molar-refractivity contribution in [2.75, 3.05) is 18.1 Å². The molecule has 0 N–H and O–H groups in total. The van der Waals surface area contributed by atoms with Gasteiger partial charge in [0.2, 0.25) is 0 Å². The molecule has 0 bridgehead atoms. The number of nitrogens with zero attached hydrogens (tertiary/aromatic N) is 5. The number of hydrogen-bond acceptors (Lipinski definition) is 6. The quantitative estimate of drug-likeness (QED) is 0.436. The summed E-state index contributed by atoms with van der Waals surface area (Å²) < 4.78 is 8.72. The van der Waals surface area contributed by atoms with E-state index >= 15 is 0 Å². The summed E-state index contributed by atoms with van der Waals surface area (Å²) >= 11 is 1.54. The largest absolute Gasteiger partial charge is 0.376 e. The van der Waals surface area contributed by atoms with E-state index in [0.29, 0.717) is 17.2 Å². The van der Waals surface area contributed by atoms with Gasteiger partial charge in [-0.2, -0.15) is 5.10 Å². The molecule has 1 aliphatic heterocycles. The zero-order valence-corrected chi connectivity index (χ0v) is 19.6. The maximum Gasteiger partial charge on any atom is 0.261 e. The number of aromatic nitrogens is 4. The van der Waals surface area contributed by atoms with Gasteiger partial charge >= 0.3 is 0 Å². The van der Waals surface area contributed by atoms with Crippen molar-refractivity contribution in [2.24, 2.45) is 7.05 Å². The lowest BCUT2D eigenvalue weighted by atomic mass is 10.0. The summed E-state index contributed by atoms with van der Waals surface area (Å²) in [5.74, 6) is 0.111. The van der Waals surface area contributed by atoms with Gasteiger partial charge in [-0.15, -0.1) is 0 Å². The fourth-order valence-corrected chi connectivity index (χ4v) is 5.26. The molecule has 1 atom stereocenters. The molecule has 1 saturated heterocycles. The van der Waals surface area contributed by atoms with Crippen LogP contribution in [-0.2, 0) is 11.8 Å². The van der Waals surface area contributed by atoms with Crippen LogP contribution in [0.25, 0.3) is 21.3 Å². The zero-order valence-electron chi connectivity index (χ0n) is 18.8. The maximum atomic E-state index is 14.1. The number of carbonyl (C=O) groups is 1. The molecule has 1 fully saturated rings. The summed E-state index contributed by atoms with van der Waals surface area (Å²) in [7, 11) is 1.87. The molecule has 3 aromatic heterocycles. The highest BCUT2D eigenvalue weighted by atomic mass is 32.1. The number of ether oxygens (including phenoxy) is 1. The fraction of sp³-hybridized carbons (Fsp3) is 0.417. The lowest BCUT2D eigenvalue weighted by Gasteiger charge is -2.24. The predicted molar refractivity (Wildman–Crippen MR) is 128 cm³/mol. The Kier molecular flexibility index (Phi) is 5.43. The van der Waals surface area contributed by atoms with Gasteiger partial charge in [0.1, 0.15) is 0 Å². The molecule has 1 amide bonds. The average Bonchev–Trinajstić information content (AvgIpc) is 3.50. The van der Waals surface area contributed by atoms with E-state index in [1.165, 1.54) is 11.3 Å². The van der Waals surface area contributed by atoms with E-state index in [2.05, 4.69) is 18.9 Å². The Bertz CT molecular complexity index is 1270. The molecule has 5 rings (SSSR count). The lowest BCUT2D eigenvalue weighted by Crippen LogP contribution is -2.37. The summed E-state index contributed by atoms with van der Waals surface area (Å²) in [4.78, 5) is 25.5. The monoisotopic (exact) mass is 449 g/mol. The van der Waals surface area contributed by atoms with Crippen LogP contribution in [0, 0.1) is 6.92 Å². The van der Waals surface area contributed by atoms with Crippen LogP contribution in [0.2, 0.25) is 0 Å². The number of aryl methyl sites for hydroxylation is 2. The molecule has 1 aliphatic rings. The van der Waals surface area contributed by atoms with E-state index in [4.69, 9.17) is 14.7 Å². The molecule has 4 aromatic rings. The first-order valence-corrected chi connectivity index (χ1v) is 11.9. The SMILES string of the molecule is Cc1nn(C)c2nc(C(C)C)cc(C(=O)N(C[C@@H]3CCCO3)c3nc4ccccc4s3)c12. The number of benzene rings is 1. The van der Waals surface area contributed by atoms with E-state index in [1.807, 2.05) is 44.3 Å². The van der Waals surface area contributed by atoms with Crippen LogP contribution >= 0.6 is 11.3 Å². The summed E-state index contributed by atoms with van der Waals surface area (Å²) in [5.41, 5.74) is 3.94. The molecule has 166 valence electrons. The molecule has 32 heavy (non-hydrogen) atoms. The van der Waals surface area contributed by atoms with Crippen molar-refractivity contribution < 1.29 is 9.53 Å². The number of amides is 1. The van der Waals surface area contributed by atoms with Crippen molar-refractivity contribution in [1.29, 1.82) is 0 Å². The molecule has 0 unspecified atom stereocenters. The van der Waals surface area contributed by atoms with Crippen molar-refractivity contribution in [1.82, 2.24) is 19.7 Å². The summed E-state index contributed by atoms with van der Waals surface area (Å²) in [5, 5.41) is 6.05. The highest BCUT2D eigenvalue weighted by Crippen LogP contribution is 2.33. The number of carbonyl (C=O) groups excluding carboxylic acids is 1. The standard InChI is InChI=1S/C24H27N5O2S/c1-14(2)19-12-17(21-15(3)27-28(4)22(21)25-19)23(30)29(13-16-8-7-11-31-16)24-26-18-9-5-6-10-20(18)32-24/h5-6,9-10,12,14,16H,7-8,11,13H2,1-4H3/t16-/m0/s1. The molecule has 7 nitrogen and oxygen atoms in total. The maximum absolute atomic E-state index is 14.1. The fourth-order valence-electron chi connectivity index (χ4n) is 4.29. The molecular formula is C24H27N5O2S. The summed E-state index contributed by atoms with van der Waals surface area (Å²) in [6.45, 7) is 7.33. The highest BCUT2D eigenvalue weighted by molar-refractivity contribution is 7.22. The second kappa shape index (κ2) is 8.26. The van der Waals surface area contributed by atoms with Crippen molar-refractivity contribution in [3.05, 3.63) is 47.3 Å². The van der Waals surface area contributed by atoms with Gasteiger partial charge in [-0.3, -0.25) is 14.4 Å². The minimum Gasteiger partial charge on any atom is -0.376 e. The first kappa shape index (κ1) is 21.0. The Morgan fingerprint density at radius 1 is 1.31 bits per heavy atom. The second-order valence-electron chi connectivity index (χ2n) is 8.67. The Balaban J connectivity index is 1.66.